The zero-order valence-corrected chi connectivity index (χ0v) is 27.3. The quantitative estimate of drug-likeness (QED) is 0.301. The van der Waals surface area contributed by atoms with Gasteiger partial charge < -0.3 is 29.2 Å². The number of ether oxygens (including phenoxy) is 4. The van der Waals surface area contributed by atoms with E-state index in [0.717, 1.165) is 68.8 Å². The summed E-state index contributed by atoms with van der Waals surface area (Å²) in [7, 11) is 0. The molecule has 7 atom stereocenters. The monoisotopic (exact) mass is 626 g/mol. The first-order valence-electron chi connectivity index (χ1n) is 18.2. The molecule has 2 N–H and O–H groups in total. The van der Waals surface area contributed by atoms with Crippen molar-refractivity contribution in [3.63, 3.8) is 0 Å². The molecule has 0 aromatic carbocycles. The molecule has 1 saturated heterocycles. The molecule has 8 heteroatoms. The molecule has 0 aromatic rings. The minimum absolute atomic E-state index is 0.0514. The van der Waals surface area contributed by atoms with Crippen LogP contribution < -0.4 is 0 Å². The smallest absolute Gasteiger partial charge is 0.312 e. The standard InChI is InChI=1S/C37H54O8/c1-22-3-27-11-31(38)17-35(12-22,14-27)33(40)43-19-34(18-42-32(39)28-6-26-4-23(2)13-36(41,15-26)16-28)20-44-37(45-21-34)29-7-24-5-25(9-29)10-30(37)8-24/h3,22-26,28-31,38,41H,4-21H2,1-2H3. The number of aliphatic hydroxyl groups is 2. The molecule has 7 saturated carbocycles. The van der Waals surface area contributed by atoms with Crippen LogP contribution in [0.25, 0.3) is 0 Å². The predicted octanol–water partition coefficient (Wildman–Crippen LogP) is 5.33. The van der Waals surface area contributed by atoms with E-state index in [1.807, 2.05) is 0 Å². The minimum atomic E-state index is -0.802. The molecule has 1 spiro atoms. The summed E-state index contributed by atoms with van der Waals surface area (Å²) in [5.74, 6) is 2.03. The van der Waals surface area contributed by atoms with Crippen molar-refractivity contribution < 1.29 is 38.7 Å². The Morgan fingerprint density at radius 1 is 0.844 bits per heavy atom. The molecular weight excluding hydrogens is 572 g/mol. The Kier molecular flexibility index (Phi) is 7.56. The molecule has 9 aliphatic rings. The summed E-state index contributed by atoms with van der Waals surface area (Å²) >= 11 is 0. The summed E-state index contributed by atoms with van der Waals surface area (Å²) in [5.41, 5.74) is -1.15. The zero-order valence-electron chi connectivity index (χ0n) is 27.3. The Labute approximate surface area is 268 Å². The van der Waals surface area contributed by atoms with Gasteiger partial charge in [-0.25, -0.2) is 0 Å². The molecule has 1 aliphatic heterocycles. The SMILES string of the molecule is CC1C=C2CC(O)CC(C(=O)OCC3(COC(=O)C4CC5CC(C)CC(O)(C5)C4)COC4(OC3)C3CC5CC(C3)CC4C5)(C2)C1. The minimum Gasteiger partial charge on any atom is -0.465 e. The van der Waals surface area contributed by atoms with Gasteiger partial charge in [0, 0.05) is 11.8 Å². The van der Waals surface area contributed by atoms with Gasteiger partial charge in [0.15, 0.2) is 5.79 Å². The Hall–Kier alpha value is -1.48. The molecule has 45 heavy (non-hydrogen) atoms. The van der Waals surface area contributed by atoms with E-state index < -0.39 is 28.3 Å². The molecule has 0 aromatic heterocycles. The third-order valence-electron chi connectivity index (χ3n) is 13.6. The van der Waals surface area contributed by atoms with Gasteiger partial charge in [0.05, 0.1) is 41.7 Å². The van der Waals surface area contributed by atoms with Gasteiger partial charge in [0.2, 0.25) is 0 Å². The van der Waals surface area contributed by atoms with E-state index in [9.17, 15) is 19.8 Å². The highest BCUT2D eigenvalue weighted by Gasteiger charge is 2.62. The van der Waals surface area contributed by atoms with Crippen molar-refractivity contribution in [2.45, 2.75) is 121 Å². The van der Waals surface area contributed by atoms with Gasteiger partial charge in [-0.2, -0.15) is 0 Å². The second kappa shape index (κ2) is 11.0. The lowest BCUT2D eigenvalue weighted by Gasteiger charge is -2.62. The van der Waals surface area contributed by atoms with Gasteiger partial charge in [-0.1, -0.05) is 25.5 Å². The van der Waals surface area contributed by atoms with Gasteiger partial charge in [-0.3, -0.25) is 9.59 Å². The second-order valence-electron chi connectivity index (χ2n) is 17.8. The van der Waals surface area contributed by atoms with E-state index >= 15 is 0 Å². The highest BCUT2D eigenvalue weighted by molar-refractivity contribution is 5.78. The van der Waals surface area contributed by atoms with E-state index in [1.165, 1.54) is 6.42 Å². The summed E-state index contributed by atoms with van der Waals surface area (Å²) in [6.45, 7) is 5.07. The molecule has 250 valence electrons. The molecule has 1 heterocycles. The van der Waals surface area contributed by atoms with Gasteiger partial charge in [0.1, 0.15) is 13.2 Å². The fraction of sp³-hybridized carbons (Fsp3) is 0.892. The molecule has 8 nitrogen and oxygen atoms in total. The highest BCUT2D eigenvalue weighted by atomic mass is 16.7. The van der Waals surface area contributed by atoms with Gasteiger partial charge in [0.25, 0.3) is 0 Å². The summed E-state index contributed by atoms with van der Waals surface area (Å²) in [6, 6.07) is 0. The first-order chi connectivity index (χ1) is 21.4. The molecule has 8 aliphatic carbocycles. The first kappa shape index (κ1) is 30.8. The lowest BCUT2D eigenvalue weighted by molar-refractivity contribution is -0.385. The number of rotatable bonds is 6. The van der Waals surface area contributed by atoms with Crippen molar-refractivity contribution in [3.05, 3.63) is 11.6 Å². The van der Waals surface area contributed by atoms with Crippen LogP contribution in [0.2, 0.25) is 0 Å². The van der Waals surface area contributed by atoms with Crippen molar-refractivity contribution in [1.29, 1.82) is 0 Å². The summed E-state index contributed by atoms with van der Waals surface area (Å²) in [6.07, 6.45) is 13.8. The molecule has 0 radical (unpaired) electrons. The summed E-state index contributed by atoms with van der Waals surface area (Å²) in [5, 5.41) is 21.9. The Morgan fingerprint density at radius 2 is 1.53 bits per heavy atom. The van der Waals surface area contributed by atoms with Crippen LogP contribution in [0.15, 0.2) is 11.6 Å². The van der Waals surface area contributed by atoms with Crippen LogP contribution in [0.5, 0.6) is 0 Å². The average Bonchev–Trinajstić information content (AvgIpc) is 2.96. The van der Waals surface area contributed by atoms with Crippen LogP contribution in [0.4, 0.5) is 0 Å². The fourth-order valence-electron chi connectivity index (χ4n) is 12.3. The van der Waals surface area contributed by atoms with E-state index in [1.54, 1.807) is 0 Å². The number of aliphatic hydroxyl groups excluding tert-OH is 1. The number of allylic oxidation sites excluding steroid dienone is 1. The third-order valence-corrected chi connectivity index (χ3v) is 13.6. The third kappa shape index (κ3) is 5.51. The van der Waals surface area contributed by atoms with E-state index in [2.05, 4.69) is 19.9 Å². The Balaban J connectivity index is 0.980. The highest BCUT2D eigenvalue weighted by Crippen LogP contribution is 2.61. The van der Waals surface area contributed by atoms with Crippen molar-refractivity contribution in [3.8, 4) is 0 Å². The Bertz CT molecular complexity index is 1180. The molecule has 8 bridgehead atoms. The molecular formula is C37H54O8. The number of carbonyl (C=O) groups is 2. The van der Waals surface area contributed by atoms with Crippen LogP contribution in [0.1, 0.15) is 104 Å². The zero-order chi connectivity index (χ0) is 31.2. The lowest BCUT2D eigenvalue weighted by atomic mass is 9.53. The van der Waals surface area contributed by atoms with Gasteiger partial charge in [-0.05, 0) is 119 Å². The maximum Gasteiger partial charge on any atom is 0.312 e. The van der Waals surface area contributed by atoms with Gasteiger partial charge >= 0.3 is 11.9 Å². The maximum absolute atomic E-state index is 13.9. The largest absolute Gasteiger partial charge is 0.465 e. The lowest BCUT2D eigenvalue weighted by Crippen LogP contribution is -2.65. The van der Waals surface area contributed by atoms with Gasteiger partial charge in [-0.15, -0.1) is 0 Å². The van der Waals surface area contributed by atoms with Crippen molar-refractivity contribution in [2.75, 3.05) is 26.4 Å². The number of esters is 2. The predicted molar refractivity (Wildman–Crippen MR) is 164 cm³/mol. The van der Waals surface area contributed by atoms with E-state index in [0.29, 0.717) is 69.0 Å². The molecule has 8 fully saturated rings. The van der Waals surface area contributed by atoms with E-state index in [4.69, 9.17) is 18.9 Å². The number of hydrogen-bond acceptors (Lipinski definition) is 8. The topological polar surface area (TPSA) is 112 Å². The normalized spacial score (nSPS) is 51.5. The second-order valence-corrected chi connectivity index (χ2v) is 17.8. The molecule has 9 rings (SSSR count). The first-order valence-corrected chi connectivity index (χ1v) is 18.2. The average molecular weight is 627 g/mol. The maximum atomic E-state index is 13.9. The summed E-state index contributed by atoms with van der Waals surface area (Å²) < 4.78 is 25.9. The van der Waals surface area contributed by atoms with Crippen LogP contribution in [0.3, 0.4) is 0 Å². The number of hydrogen-bond donors (Lipinski definition) is 2. The van der Waals surface area contributed by atoms with Crippen LogP contribution in [-0.4, -0.2) is 66.1 Å². The van der Waals surface area contributed by atoms with E-state index in [-0.39, 0.29) is 37.0 Å². The van der Waals surface area contributed by atoms with Crippen LogP contribution in [0, 0.1) is 58.2 Å². The van der Waals surface area contributed by atoms with Crippen molar-refractivity contribution in [2.24, 2.45) is 58.2 Å². The summed E-state index contributed by atoms with van der Waals surface area (Å²) in [4.78, 5) is 27.5. The Morgan fingerprint density at radius 3 is 2.22 bits per heavy atom. The number of fused-ring (bicyclic) bond motifs is 4. The van der Waals surface area contributed by atoms with Crippen molar-refractivity contribution >= 4 is 11.9 Å². The van der Waals surface area contributed by atoms with Crippen LogP contribution >= 0.6 is 0 Å². The van der Waals surface area contributed by atoms with Crippen molar-refractivity contribution in [1.82, 2.24) is 0 Å². The van der Waals surface area contributed by atoms with Crippen LogP contribution in [-0.2, 0) is 28.5 Å². The molecule has 7 unspecified atom stereocenters. The number of carbonyl (C=O) groups excluding carboxylic acids is 2. The molecule has 0 amide bonds. The fourth-order valence-corrected chi connectivity index (χ4v) is 12.3.